The monoisotopic (exact) mass is 229 g/mol. The second kappa shape index (κ2) is 8.39. The molecule has 4 heteroatoms. The molecule has 0 fully saturated rings. The molecule has 1 unspecified atom stereocenters. The van der Waals surface area contributed by atoms with Crippen LogP contribution < -0.4 is 10.6 Å². The Morgan fingerprint density at radius 2 is 1.88 bits per heavy atom. The fourth-order valence-corrected chi connectivity index (χ4v) is 1.24. The van der Waals surface area contributed by atoms with Gasteiger partial charge in [-0.15, -0.1) is 0 Å². The Balaban J connectivity index is 3.54. The quantitative estimate of drug-likeness (QED) is 0.697. The molecule has 0 heterocycles. The van der Waals surface area contributed by atoms with Gasteiger partial charge in [0.15, 0.2) is 0 Å². The first kappa shape index (κ1) is 15.2. The molecule has 0 rings (SSSR count). The minimum absolute atomic E-state index is 0.0637. The summed E-state index contributed by atoms with van der Waals surface area (Å²) < 4.78 is 0. The van der Waals surface area contributed by atoms with Crippen LogP contribution in [0.2, 0.25) is 0 Å². The summed E-state index contributed by atoms with van der Waals surface area (Å²) in [7, 11) is 2.09. The molecule has 0 bridgehead atoms. The number of carbonyl (C=O) groups is 1. The summed E-state index contributed by atoms with van der Waals surface area (Å²) in [5.41, 5.74) is 0. The van der Waals surface area contributed by atoms with Crippen LogP contribution in [0.3, 0.4) is 0 Å². The summed E-state index contributed by atoms with van der Waals surface area (Å²) in [6.45, 7) is 10.8. The molecule has 0 saturated heterocycles. The third-order valence-corrected chi connectivity index (χ3v) is 2.76. The van der Waals surface area contributed by atoms with E-state index in [1.54, 1.807) is 0 Å². The Bertz CT molecular complexity index is 195. The van der Waals surface area contributed by atoms with Gasteiger partial charge in [0.25, 0.3) is 0 Å². The Labute approximate surface area is 99.8 Å². The van der Waals surface area contributed by atoms with Crippen molar-refractivity contribution in [3.05, 3.63) is 0 Å². The number of hydrogen-bond donors (Lipinski definition) is 2. The molecule has 0 spiro atoms. The Morgan fingerprint density at radius 1 is 1.25 bits per heavy atom. The van der Waals surface area contributed by atoms with Crippen LogP contribution in [0.1, 0.15) is 34.1 Å². The molecule has 2 amide bonds. The summed E-state index contributed by atoms with van der Waals surface area (Å²) in [6, 6.07) is 0.506. The molecule has 0 aromatic heterocycles. The molecule has 0 aliphatic rings. The van der Waals surface area contributed by atoms with E-state index >= 15 is 0 Å². The number of rotatable bonds is 7. The van der Waals surface area contributed by atoms with E-state index in [2.05, 4.69) is 50.3 Å². The summed E-state index contributed by atoms with van der Waals surface area (Å²) in [6.07, 6.45) is 1.13. The highest BCUT2D eigenvalue weighted by Gasteiger charge is 2.06. The number of urea groups is 1. The number of nitrogens with one attached hydrogen (secondary N) is 2. The Kier molecular flexibility index (Phi) is 7.99. The topological polar surface area (TPSA) is 44.4 Å². The standard InChI is InChI=1S/C12H27N3O/c1-6-11(4)15(5)8-7-13-12(16)14-9-10(2)3/h10-11H,6-9H2,1-5H3,(H2,13,14,16). The van der Waals surface area contributed by atoms with E-state index in [1.165, 1.54) is 0 Å². The SMILES string of the molecule is CCC(C)N(C)CCNC(=O)NCC(C)C. The average Bonchev–Trinajstić information content (AvgIpc) is 2.24. The zero-order valence-electron chi connectivity index (χ0n) is 11.3. The Hall–Kier alpha value is -0.770. The first-order chi connectivity index (χ1) is 7.47. The van der Waals surface area contributed by atoms with Crippen LogP contribution in [-0.4, -0.2) is 43.7 Å². The zero-order valence-corrected chi connectivity index (χ0v) is 11.3. The Morgan fingerprint density at radius 3 is 2.38 bits per heavy atom. The van der Waals surface area contributed by atoms with Crippen molar-refractivity contribution in [3.8, 4) is 0 Å². The molecule has 0 saturated carbocycles. The highest BCUT2D eigenvalue weighted by molar-refractivity contribution is 5.73. The number of carbonyl (C=O) groups excluding carboxylic acids is 1. The number of hydrogen-bond acceptors (Lipinski definition) is 2. The van der Waals surface area contributed by atoms with Gasteiger partial charge in [-0.25, -0.2) is 4.79 Å². The zero-order chi connectivity index (χ0) is 12.6. The lowest BCUT2D eigenvalue weighted by molar-refractivity contribution is 0.229. The molecule has 0 aliphatic carbocycles. The van der Waals surface area contributed by atoms with Gasteiger partial charge >= 0.3 is 6.03 Å². The third-order valence-electron chi connectivity index (χ3n) is 2.76. The predicted molar refractivity (Wildman–Crippen MR) is 68.6 cm³/mol. The lowest BCUT2D eigenvalue weighted by Gasteiger charge is -2.23. The fraction of sp³-hybridized carbons (Fsp3) is 0.917. The first-order valence-corrected chi connectivity index (χ1v) is 6.19. The van der Waals surface area contributed by atoms with Crippen LogP contribution in [0.25, 0.3) is 0 Å². The van der Waals surface area contributed by atoms with Crippen molar-refractivity contribution >= 4 is 6.03 Å². The van der Waals surface area contributed by atoms with Gasteiger partial charge in [-0.2, -0.15) is 0 Å². The van der Waals surface area contributed by atoms with Crippen LogP contribution in [0, 0.1) is 5.92 Å². The molecule has 0 aromatic rings. The van der Waals surface area contributed by atoms with Crippen molar-refractivity contribution in [3.63, 3.8) is 0 Å². The molecular weight excluding hydrogens is 202 g/mol. The van der Waals surface area contributed by atoms with Gasteiger partial charge in [0, 0.05) is 25.7 Å². The lowest BCUT2D eigenvalue weighted by Crippen LogP contribution is -2.42. The van der Waals surface area contributed by atoms with Gasteiger partial charge < -0.3 is 15.5 Å². The van der Waals surface area contributed by atoms with Crippen molar-refractivity contribution in [2.45, 2.75) is 40.2 Å². The van der Waals surface area contributed by atoms with E-state index in [-0.39, 0.29) is 6.03 Å². The maximum absolute atomic E-state index is 11.3. The van der Waals surface area contributed by atoms with Crippen LogP contribution in [0.15, 0.2) is 0 Å². The maximum Gasteiger partial charge on any atom is 0.314 e. The minimum atomic E-state index is -0.0637. The smallest absolute Gasteiger partial charge is 0.314 e. The molecule has 0 aliphatic heterocycles. The fourth-order valence-electron chi connectivity index (χ4n) is 1.24. The minimum Gasteiger partial charge on any atom is -0.338 e. The van der Waals surface area contributed by atoms with Crippen LogP contribution in [0.5, 0.6) is 0 Å². The highest BCUT2D eigenvalue weighted by Crippen LogP contribution is 1.97. The van der Waals surface area contributed by atoms with E-state index in [9.17, 15) is 4.79 Å². The number of nitrogens with zero attached hydrogens (tertiary/aromatic N) is 1. The first-order valence-electron chi connectivity index (χ1n) is 6.19. The highest BCUT2D eigenvalue weighted by atomic mass is 16.2. The van der Waals surface area contributed by atoms with E-state index in [0.717, 1.165) is 19.5 Å². The summed E-state index contributed by atoms with van der Waals surface area (Å²) >= 11 is 0. The average molecular weight is 229 g/mol. The molecule has 96 valence electrons. The largest absolute Gasteiger partial charge is 0.338 e. The second-order valence-electron chi connectivity index (χ2n) is 4.77. The lowest BCUT2D eigenvalue weighted by atomic mass is 10.2. The van der Waals surface area contributed by atoms with E-state index in [0.29, 0.717) is 18.5 Å². The van der Waals surface area contributed by atoms with Crippen LogP contribution in [0.4, 0.5) is 4.79 Å². The normalized spacial score (nSPS) is 12.9. The summed E-state index contributed by atoms with van der Waals surface area (Å²) in [5, 5.41) is 5.69. The van der Waals surface area contributed by atoms with Crippen molar-refractivity contribution in [1.29, 1.82) is 0 Å². The molecule has 16 heavy (non-hydrogen) atoms. The number of amides is 2. The van der Waals surface area contributed by atoms with E-state index < -0.39 is 0 Å². The van der Waals surface area contributed by atoms with Crippen LogP contribution in [-0.2, 0) is 0 Å². The second-order valence-corrected chi connectivity index (χ2v) is 4.77. The van der Waals surface area contributed by atoms with Crippen LogP contribution >= 0.6 is 0 Å². The molecular formula is C12H27N3O. The van der Waals surface area contributed by atoms with Gasteiger partial charge in [-0.05, 0) is 26.3 Å². The third kappa shape index (κ3) is 7.51. The van der Waals surface area contributed by atoms with E-state index in [1.807, 2.05) is 0 Å². The van der Waals surface area contributed by atoms with Crippen molar-refractivity contribution in [1.82, 2.24) is 15.5 Å². The summed E-state index contributed by atoms with van der Waals surface area (Å²) in [4.78, 5) is 13.6. The van der Waals surface area contributed by atoms with Crippen molar-refractivity contribution in [2.75, 3.05) is 26.7 Å². The van der Waals surface area contributed by atoms with Gasteiger partial charge in [-0.3, -0.25) is 0 Å². The van der Waals surface area contributed by atoms with Gasteiger partial charge in [0.05, 0.1) is 0 Å². The van der Waals surface area contributed by atoms with E-state index in [4.69, 9.17) is 0 Å². The van der Waals surface area contributed by atoms with Crippen molar-refractivity contribution in [2.24, 2.45) is 5.92 Å². The number of likely N-dealkylation sites (N-methyl/N-ethyl adjacent to an activating group) is 1. The maximum atomic E-state index is 11.3. The van der Waals surface area contributed by atoms with Gasteiger partial charge in [0.1, 0.15) is 0 Å². The van der Waals surface area contributed by atoms with Gasteiger partial charge in [-0.1, -0.05) is 20.8 Å². The predicted octanol–water partition coefficient (Wildman–Crippen LogP) is 1.67. The molecule has 0 aromatic carbocycles. The summed E-state index contributed by atoms with van der Waals surface area (Å²) in [5.74, 6) is 0.494. The molecule has 2 N–H and O–H groups in total. The van der Waals surface area contributed by atoms with Gasteiger partial charge in [0.2, 0.25) is 0 Å². The molecule has 4 nitrogen and oxygen atoms in total. The molecule has 0 radical (unpaired) electrons. The molecule has 1 atom stereocenters. The van der Waals surface area contributed by atoms with Crippen molar-refractivity contribution < 1.29 is 4.79 Å².